The molecule has 0 bridgehead atoms. The number of aromatic nitrogens is 3. The van der Waals surface area contributed by atoms with Crippen molar-refractivity contribution < 1.29 is 4.68 Å². The molecule has 3 rings (SSSR count). The number of hydrogen-bond donors (Lipinski definition) is 0. The van der Waals surface area contributed by atoms with Gasteiger partial charge in [-0.25, -0.2) is 0 Å². The highest BCUT2D eigenvalue weighted by Crippen LogP contribution is 2.18. The van der Waals surface area contributed by atoms with Crippen molar-refractivity contribution in [3.05, 3.63) is 70.9 Å². The van der Waals surface area contributed by atoms with E-state index in [2.05, 4.69) is 68.6 Å². The first kappa shape index (κ1) is 14.5. The van der Waals surface area contributed by atoms with Gasteiger partial charge in [-0.1, -0.05) is 48.0 Å². The number of aryl methyl sites for hydroxylation is 4. The molecule has 112 valence electrons. The van der Waals surface area contributed by atoms with Crippen molar-refractivity contribution in [1.29, 1.82) is 0 Å². The average Bonchev–Trinajstić information content (AvgIpc) is 2.84. The highest BCUT2D eigenvalue weighted by Gasteiger charge is 2.16. The zero-order valence-corrected chi connectivity index (χ0v) is 13.7. The Kier molecular flexibility index (Phi) is 3.80. The first-order valence-electron chi connectivity index (χ1n) is 7.60. The largest absolute Gasteiger partial charge is 0.197 e. The Balaban J connectivity index is 1.95. The fourth-order valence-electron chi connectivity index (χ4n) is 3.04. The van der Waals surface area contributed by atoms with E-state index in [1.54, 1.807) is 0 Å². The molecule has 0 saturated heterocycles. The number of rotatable bonds is 3. The maximum atomic E-state index is 4.62. The van der Waals surface area contributed by atoms with E-state index in [0.717, 1.165) is 12.2 Å². The Morgan fingerprint density at radius 3 is 2.27 bits per heavy atom. The minimum atomic E-state index is 0.804. The fourth-order valence-corrected chi connectivity index (χ4v) is 3.04. The quantitative estimate of drug-likeness (QED) is 0.678. The molecule has 0 amide bonds. The Bertz CT molecular complexity index is 778. The molecule has 0 atom stereocenters. The second kappa shape index (κ2) is 5.76. The third-order valence-electron chi connectivity index (χ3n) is 4.10. The molecule has 3 heteroatoms. The lowest BCUT2D eigenvalue weighted by molar-refractivity contribution is -0.747. The topological polar surface area (TPSA) is 21.7 Å². The summed E-state index contributed by atoms with van der Waals surface area (Å²) in [5.74, 6) is 0. The van der Waals surface area contributed by atoms with Crippen LogP contribution in [0.5, 0.6) is 0 Å². The van der Waals surface area contributed by atoms with Crippen LogP contribution in [0, 0.1) is 20.8 Å². The van der Waals surface area contributed by atoms with Gasteiger partial charge in [-0.05, 0) is 31.9 Å². The third kappa shape index (κ3) is 2.80. The highest BCUT2D eigenvalue weighted by atomic mass is 15.5. The van der Waals surface area contributed by atoms with E-state index >= 15 is 0 Å². The molecule has 1 aromatic heterocycles. The second-order valence-electron chi connectivity index (χ2n) is 5.97. The zero-order valence-electron chi connectivity index (χ0n) is 13.7. The monoisotopic (exact) mass is 292 g/mol. The molecule has 22 heavy (non-hydrogen) atoms. The molecule has 0 saturated carbocycles. The van der Waals surface area contributed by atoms with E-state index in [-0.39, 0.29) is 0 Å². The van der Waals surface area contributed by atoms with Crippen LogP contribution in [0.4, 0.5) is 0 Å². The maximum Gasteiger partial charge on any atom is 0.197 e. The Morgan fingerprint density at radius 2 is 1.64 bits per heavy atom. The molecular formula is C19H22N3+. The summed E-state index contributed by atoms with van der Waals surface area (Å²) in [5.41, 5.74) is 7.65. The van der Waals surface area contributed by atoms with Gasteiger partial charge >= 0.3 is 0 Å². The Labute approximate surface area is 131 Å². The van der Waals surface area contributed by atoms with Crippen LogP contribution in [0.25, 0.3) is 11.3 Å². The molecule has 0 aliphatic heterocycles. The summed E-state index contributed by atoms with van der Waals surface area (Å²) in [7, 11) is 1.99. The molecule has 0 fully saturated rings. The van der Waals surface area contributed by atoms with E-state index in [1.807, 2.05) is 22.5 Å². The van der Waals surface area contributed by atoms with Crippen molar-refractivity contribution in [2.45, 2.75) is 27.3 Å². The van der Waals surface area contributed by atoms with E-state index in [4.69, 9.17) is 0 Å². The lowest BCUT2D eigenvalue weighted by Gasteiger charge is -2.08. The Hall–Kier alpha value is -2.42. The number of benzene rings is 2. The van der Waals surface area contributed by atoms with Crippen LogP contribution >= 0.6 is 0 Å². The summed E-state index contributed by atoms with van der Waals surface area (Å²) in [4.78, 5) is 0. The molecule has 0 spiro atoms. The summed E-state index contributed by atoms with van der Waals surface area (Å²) in [5, 5.41) is 4.62. The number of hydrogen-bond acceptors (Lipinski definition) is 1. The van der Waals surface area contributed by atoms with Crippen molar-refractivity contribution in [3.8, 4) is 11.3 Å². The molecular weight excluding hydrogens is 270 g/mol. The predicted octanol–water partition coefficient (Wildman–Crippen LogP) is 3.35. The third-order valence-corrected chi connectivity index (χ3v) is 4.10. The van der Waals surface area contributed by atoms with Gasteiger partial charge in [0, 0.05) is 11.1 Å². The smallest absolute Gasteiger partial charge is 0.133 e. The molecule has 1 heterocycles. The highest BCUT2D eigenvalue weighted by molar-refractivity contribution is 5.57. The van der Waals surface area contributed by atoms with E-state index < -0.39 is 0 Å². The van der Waals surface area contributed by atoms with Gasteiger partial charge in [0.05, 0.1) is 5.21 Å². The van der Waals surface area contributed by atoms with Crippen LogP contribution in [0.3, 0.4) is 0 Å². The normalized spacial score (nSPS) is 10.9. The lowest BCUT2D eigenvalue weighted by Crippen LogP contribution is -2.37. The molecule has 0 N–H and O–H groups in total. The van der Waals surface area contributed by atoms with Crippen molar-refractivity contribution in [3.63, 3.8) is 0 Å². The van der Waals surface area contributed by atoms with Gasteiger partial charge in [-0.3, -0.25) is 0 Å². The average molecular weight is 292 g/mol. The second-order valence-corrected chi connectivity index (χ2v) is 5.97. The summed E-state index contributed by atoms with van der Waals surface area (Å²) in [6.07, 6.45) is 2.12. The number of nitrogens with zero attached hydrogens (tertiary/aromatic N) is 3. The minimum absolute atomic E-state index is 0.804. The van der Waals surface area contributed by atoms with Gasteiger partial charge in [-0.15, -0.1) is 9.36 Å². The summed E-state index contributed by atoms with van der Waals surface area (Å²) in [6, 6.07) is 14.9. The lowest BCUT2D eigenvalue weighted by atomic mass is 10.00. The van der Waals surface area contributed by atoms with Gasteiger partial charge in [0.2, 0.25) is 0 Å². The zero-order chi connectivity index (χ0) is 15.7. The van der Waals surface area contributed by atoms with Gasteiger partial charge in [0.25, 0.3) is 0 Å². The van der Waals surface area contributed by atoms with Crippen molar-refractivity contribution in [2.75, 3.05) is 0 Å². The molecule has 0 aliphatic rings. The van der Waals surface area contributed by atoms with Gasteiger partial charge in [0.1, 0.15) is 13.6 Å². The van der Waals surface area contributed by atoms with Crippen LogP contribution in [0.2, 0.25) is 0 Å². The van der Waals surface area contributed by atoms with Gasteiger partial charge in [-0.2, -0.15) is 0 Å². The summed E-state index contributed by atoms with van der Waals surface area (Å²) < 4.78 is 3.96. The molecule has 3 nitrogen and oxygen atoms in total. The van der Waals surface area contributed by atoms with Crippen LogP contribution in [0.15, 0.2) is 48.7 Å². The van der Waals surface area contributed by atoms with Crippen molar-refractivity contribution >= 4 is 0 Å². The van der Waals surface area contributed by atoms with Crippen LogP contribution in [-0.4, -0.2) is 9.90 Å². The predicted molar refractivity (Wildman–Crippen MR) is 88.6 cm³/mol. The first-order valence-corrected chi connectivity index (χ1v) is 7.60. The molecule has 0 unspecified atom stereocenters. The molecule has 3 aromatic rings. The van der Waals surface area contributed by atoms with E-state index in [0.29, 0.717) is 0 Å². The first-order chi connectivity index (χ1) is 10.5. The SMILES string of the molecule is Cc1cc(C)c(C[n+]2cc(-c3ccccc3)n(C)n2)c(C)c1. The summed E-state index contributed by atoms with van der Waals surface area (Å²) in [6.45, 7) is 7.30. The van der Waals surface area contributed by atoms with E-state index in [9.17, 15) is 0 Å². The standard InChI is InChI=1S/C19H22N3/c1-14-10-15(2)18(16(3)11-14)12-22-13-19(21(4)20-22)17-8-6-5-7-9-17/h5-11,13H,12H2,1-4H3/q+1. The molecule has 0 radical (unpaired) electrons. The maximum absolute atomic E-state index is 4.62. The van der Waals surface area contributed by atoms with Crippen molar-refractivity contribution in [2.24, 2.45) is 7.05 Å². The Morgan fingerprint density at radius 1 is 1.00 bits per heavy atom. The van der Waals surface area contributed by atoms with Crippen molar-refractivity contribution in [1.82, 2.24) is 9.90 Å². The van der Waals surface area contributed by atoms with Crippen LogP contribution in [-0.2, 0) is 13.6 Å². The molecule has 0 aliphatic carbocycles. The van der Waals surface area contributed by atoms with Crippen LogP contribution in [0.1, 0.15) is 22.3 Å². The van der Waals surface area contributed by atoms with Gasteiger partial charge in [0.15, 0.2) is 11.9 Å². The summed E-state index contributed by atoms with van der Waals surface area (Å²) >= 11 is 0. The minimum Gasteiger partial charge on any atom is -0.133 e. The molecule has 2 aromatic carbocycles. The van der Waals surface area contributed by atoms with Gasteiger partial charge < -0.3 is 0 Å². The van der Waals surface area contributed by atoms with Crippen LogP contribution < -0.4 is 4.68 Å². The van der Waals surface area contributed by atoms with E-state index in [1.165, 1.54) is 27.8 Å². The fraction of sp³-hybridized carbons (Fsp3) is 0.263.